The minimum Gasteiger partial charge on any atom is -0.481 e. The van der Waals surface area contributed by atoms with E-state index < -0.39 is 22.7 Å². The van der Waals surface area contributed by atoms with Gasteiger partial charge in [0.2, 0.25) is 5.91 Å². The van der Waals surface area contributed by atoms with E-state index in [1.807, 2.05) is 12.2 Å². The number of carbonyl (C=O) groups is 2. The number of hydrogen-bond acceptors (Lipinski definition) is 4. The highest BCUT2D eigenvalue weighted by molar-refractivity contribution is 9.10. The molecule has 1 saturated carbocycles. The molecule has 7 nitrogen and oxygen atoms in total. The van der Waals surface area contributed by atoms with Crippen LogP contribution in [0.1, 0.15) is 6.42 Å². The standard InChI is InChI=1S/C15H13BrN2O5/c16-10-6-9(18(22)23)3-4-11(10)17-14(19)12-7-1-2-8(5-7)13(12)15(20)21/h1-4,6-8,12-13H,5H2,(H,17,19)(H,20,21). The largest absolute Gasteiger partial charge is 0.481 e. The van der Waals surface area contributed by atoms with Crippen LogP contribution in [0.25, 0.3) is 0 Å². The Morgan fingerprint density at radius 1 is 1.26 bits per heavy atom. The van der Waals surface area contributed by atoms with Crippen molar-refractivity contribution in [1.29, 1.82) is 0 Å². The van der Waals surface area contributed by atoms with Crippen LogP contribution >= 0.6 is 15.9 Å². The number of non-ortho nitro benzene ring substituents is 1. The highest BCUT2D eigenvalue weighted by atomic mass is 79.9. The number of fused-ring (bicyclic) bond motifs is 2. The van der Waals surface area contributed by atoms with Crippen molar-refractivity contribution in [2.45, 2.75) is 6.42 Å². The van der Waals surface area contributed by atoms with Crippen molar-refractivity contribution in [2.75, 3.05) is 5.32 Å². The van der Waals surface area contributed by atoms with E-state index in [0.717, 1.165) is 0 Å². The summed E-state index contributed by atoms with van der Waals surface area (Å²) in [5.74, 6) is -2.86. The maximum absolute atomic E-state index is 12.5. The monoisotopic (exact) mass is 380 g/mol. The zero-order valence-electron chi connectivity index (χ0n) is 11.8. The molecule has 1 amide bonds. The second kappa shape index (κ2) is 5.77. The van der Waals surface area contributed by atoms with E-state index in [4.69, 9.17) is 0 Å². The van der Waals surface area contributed by atoms with Gasteiger partial charge in [-0.1, -0.05) is 12.2 Å². The first kappa shape index (κ1) is 15.7. The number of carbonyl (C=O) groups excluding carboxylic acids is 1. The van der Waals surface area contributed by atoms with E-state index in [-0.39, 0.29) is 23.4 Å². The van der Waals surface area contributed by atoms with Gasteiger partial charge >= 0.3 is 5.97 Å². The molecule has 0 aliphatic heterocycles. The quantitative estimate of drug-likeness (QED) is 0.474. The molecule has 23 heavy (non-hydrogen) atoms. The van der Waals surface area contributed by atoms with Gasteiger partial charge in [0, 0.05) is 16.6 Å². The van der Waals surface area contributed by atoms with Crippen LogP contribution in [0.5, 0.6) is 0 Å². The van der Waals surface area contributed by atoms with Crippen LogP contribution < -0.4 is 5.32 Å². The first-order valence-corrected chi connectivity index (χ1v) is 7.83. The Balaban J connectivity index is 1.81. The summed E-state index contributed by atoms with van der Waals surface area (Å²) < 4.78 is 0.380. The number of nitro groups is 1. The molecule has 2 bridgehead atoms. The Morgan fingerprint density at radius 3 is 2.48 bits per heavy atom. The number of nitrogens with zero attached hydrogens (tertiary/aromatic N) is 1. The van der Waals surface area contributed by atoms with Crippen molar-refractivity contribution in [1.82, 2.24) is 0 Å². The first-order chi connectivity index (χ1) is 10.9. The van der Waals surface area contributed by atoms with Gasteiger partial charge < -0.3 is 10.4 Å². The van der Waals surface area contributed by atoms with Crippen molar-refractivity contribution in [3.63, 3.8) is 0 Å². The molecule has 120 valence electrons. The zero-order chi connectivity index (χ0) is 16.7. The highest BCUT2D eigenvalue weighted by Crippen LogP contribution is 2.48. The fourth-order valence-corrected chi connectivity index (χ4v) is 3.92. The van der Waals surface area contributed by atoms with Crippen molar-refractivity contribution >= 4 is 39.2 Å². The normalized spacial score (nSPS) is 27.9. The molecule has 0 heterocycles. The number of carboxylic acid groups (broad SMARTS) is 1. The second-order valence-electron chi connectivity index (χ2n) is 5.75. The third kappa shape index (κ3) is 2.74. The molecule has 4 unspecified atom stereocenters. The number of carboxylic acids is 1. The maximum atomic E-state index is 12.5. The lowest BCUT2D eigenvalue weighted by Gasteiger charge is -2.24. The molecular weight excluding hydrogens is 368 g/mol. The van der Waals surface area contributed by atoms with Crippen molar-refractivity contribution in [3.05, 3.63) is 44.9 Å². The number of benzene rings is 1. The summed E-state index contributed by atoms with van der Waals surface area (Å²) in [4.78, 5) is 34.2. The van der Waals surface area contributed by atoms with E-state index in [1.165, 1.54) is 18.2 Å². The molecule has 0 radical (unpaired) electrons. The van der Waals surface area contributed by atoms with Gasteiger partial charge in [-0.25, -0.2) is 0 Å². The zero-order valence-corrected chi connectivity index (χ0v) is 13.4. The van der Waals surface area contributed by atoms with Crippen LogP contribution in [-0.4, -0.2) is 21.9 Å². The molecule has 8 heteroatoms. The summed E-state index contributed by atoms with van der Waals surface area (Å²) >= 11 is 3.19. The van der Waals surface area contributed by atoms with E-state index in [1.54, 1.807) is 0 Å². The van der Waals surface area contributed by atoms with Crippen LogP contribution in [0.4, 0.5) is 11.4 Å². The van der Waals surface area contributed by atoms with Crippen molar-refractivity contribution in [2.24, 2.45) is 23.7 Å². The van der Waals surface area contributed by atoms with Gasteiger partial charge in [-0.15, -0.1) is 0 Å². The average Bonchev–Trinajstić information content (AvgIpc) is 3.09. The van der Waals surface area contributed by atoms with Crippen LogP contribution in [0.15, 0.2) is 34.8 Å². The fourth-order valence-electron chi connectivity index (χ4n) is 3.45. The summed E-state index contributed by atoms with van der Waals surface area (Å²) in [6.07, 6.45) is 4.45. The average molecular weight is 381 g/mol. The molecule has 2 aliphatic carbocycles. The maximum Gasteiger partial charge on any atom is 0.307 e. The Bertz CT molecular complexity index is 733. The second-order valence-corrected chi connectivity index (χ2v) is 6.60. The molecule has 1 aromatic rings. The number of anilines is 1. The highest BCUT2D eigenvalue weighted by Gasteiger charge is 2.51. The van der Waals surface area contributed by atoms with Crippen LogP contribution in [0.3, 0.4) is 0 Å². The molecule has 1 fully saturated rings. The smallest absolute Gasteiger partial charge is 0.307 e. The lowest BCUT2D eigenvalue weighted by molar-refractivity contribution is -0.384. The van der Waals surface area contributed by atoms with E-state index in [9.17, 15) is 24.8 Å². The number of aliphatic carboxylic acids is 1. The van der Waals surface area contributed by atoms with E-state index >= 15 is 0 Å². The third-order valence-corrected chi connectivity index (χ3v) is 5.12. The van der Waals surface area contributed by atoms with Crippen molar-refractivity contribution in [3.8, 4) is 0 Å². The molecule has 3 rings (SSSR count). The van der Waals surface area contributed by atoms with Gasteiger partial charge in [-0.2, -0.15) is 0 Å². The molecule has 2 aliphatic rings. The molecule has 0 aromatic heterocycles. The summed E-state index contributed by atoms with van der Waals surface area (Å²) in [5, 5.41) is 22.8. The minimum absolute atomic E-state index is 0.0714. The van der Waals surface area contributed by atoms with Crippen LogP contribution in [0, 0.1) is 33.8 Å². The number of rotatable bonds is 4. The Morgan fingerprint density at radius 2 is 1.91 bits per heavy atom. The summed E-state index contributed by atoms with van der Waals surface area (Å²) in [7, 11) is 0. The lowest BCUT2D eigenvalue weighted by atomic mass is 9.82. The van der Waals surface area contributed by atoms with Crippen molar-refractivity contribution < 1.29 is 19.6 Å². The molecule has 2 N–H and O–H groups in total. The van der Waals surface area contributed by atoms with Crippen LogP contribution in [-0.2, 0) is 9.59 Å². The Labute approximate surface area is 139 Å². The predicted molar refractivity (Wildman–Crippen MR) is 84.8 cm³/mol. The van der Waals surface area contributed by atoms with Gasteiger partial charge in [0.15, 0.2) is 0 Å². The number of nitro benzene ring substituents is 1. The van der Waals surface area contributed by atoms with E-state index in [2.05, 4.69) is 21.2 Å². The molecule has 0 saturated heterocycles. The number of nitrogens with one attached hydrogen (secondary N) is 1. The van der Waals surface area contributed by atoms with Gasteiger partial charge in [-0.3, -0.25) is 19.7 Å². The number of amides is 1. The first-order valence-electron chi connectivity index (χ1n) is 7.04. The minimum atomic E-state index is -0.968. The Kier molecular flexibility index (Phi) is 3.93. The predicted octanol–water partition coefficient (Wildman–Crippen LogP) is 2.82. The van der Waals surface area contributed by atoms with Crippen LogP contribution in [0.2, 0.25) is 0 Å². The number of allylic oxidation sites excluding steroid dienone is 2. The SMILES string of the molecule is O=C(O)C1C2C=CC(C2)C1C(=O)Nc1ccc([N+](=O)[O-])cc1Br. The lowest BCUT2D eigenvalue weighted by Crippen LogP contribution is -2.36. The van der Waals surface area contributed by atoms with Gasteiger partial charge in [0.1, 0.15) is 0 Å². The summed E-state index contributed by atoms with van der Waals surface area (Å²) in [6, 6.07) is 4.01. The number of hydrogen-bond donors (Lipinski definition) is 2. The molecule has 4 atom stereocenters. The number of halogens is 1. The molecule has 1 aromatic carbocycles. The topological polar surface area (TPSA) is 110 Å². The third-order valence-electron chi connectivity index (χ3n) is 4.47. The van der Waals surface area contributed by atoms with Gasteiger partial charge in [0.25, 0.3) is 5.69 Å². The fraction of sp³-hybridized carbons (Fsp3) is 0.333. The van der Waals surface area contributed by atoms with Gasteiger partial charge in [0.05, 0.1) is 22.4 Å². The molecular formula is C15H13BrN2O5. The summed E-state index contributed by atoms with van der Waals surface area (Å²) in [6.45, 7) is 0. The Hall–Kier alpha value is -2.22. The molecule has 0 spiro atoms. The summed E-state index contributed by atoms with van der Waals surface area (Å²) in [5.41, 5.74) is 0.289. The van der Waals surface area contributed by atoms with E-state index in [0.29, 0.717) is 16.6 Å². The van der Waals surface area contributed by atoms with Gasteiger partial charge in [-0.05, 0) is 40.3 Å².